The molecule has 20 aromatic rings. The van der Waals surface area contributed by atoms with E-state index in [2.05, 4.69) is 459 Å². The quantitative estimate of drug-likeness (QED) is 0.0316. The van der Waals surface area contributed by atoms with Gasteiger partial charge in [0.1, 0.15) is 24.2 Å². The van der Waals surface area contributed by atoms with Crippen LogP contribution in [0.25, 0.3) is 168 Å². The topological polar surface area (TPSA) is 241 Å². The van der Waals surface area contributed by atoms with E-state index in [-0.39, 0.29) is 5.69 Å². The summed E-state index contributed by atoms with van der Waals surface area (Å²) in [5.74, 6) is -1.22. The van der Waals surface area contributed by atoms with Gasteiger partial charge in [-0.2, -0.15) is 43.2 Å². The van der Waals surface area contributed by atoms with Crippen molar-refractivity contribution in [2.45, 2.75) is 11.0 Å². The smallest absolute Gasteiger partial charge is 0.376 e. The van der Waals surface area contributed by atoms with E-state index in [1.54, 1.807) is 73.8 Å². The van der Waals surface area contributed by atoms with Crippen molar-refractivity contribution in [2.24, 2.45) is 0 Å². The SMILES string of the molecule is Ic1ccc(-c2ccc(-c3cccnc3)nc2-c2ccc(I)cc2)cc1.Ic1ccc(-c2ccc(-c3ccncc3)nc2-c2ccc(I)cc2)cc1.Ic1ccc(-c2ccc(-c3ccncn3)nc2-c2ccc(I)cc2)cc1.Ic1ccc(-c2ccc(-c3cncnc3)nc2-c2ccc(I)cc2)cc1.O=S(=O)(Oc1ccc(-c2ccc(-c3ccccn3)nc2-c2ccc(OS(=O)(=O)C(F)(F)F)cc2)cc1)C(F)(F)F. The average molecular weight is 2850 g/mol. The average Bonchev–Trinajstić information content (AvgIpc) is 0.825. The van der Waals surface area contributed by atoms with E-state index < -0.39 is 42.8 Å². The molecule has 0 atom stereocenters. The van der Waals surface area contributed by atoms with Gasteiger partial charge in [0.05, 0.1) is 68.3 Å². The van der Waals surface area contributed by atoms with Crippen molar-refractivity contribution in [3.8, 4) is 180 Å². The lowest BCUT2D eigenvalue weighted by Crippen LogP contribution is -2.28. The first-order chi connectivity index (χ1) is 69.4. The minimum atomic E-state index is -5.90. The van der Waals surface area contributed by atoms with Crippen LogP contribution < -0.4 is 8.37 Å². The molecule has 714 valence electrons. The number of halogens is 14. The number of nitrogens with zero attached hydrogens (tertiary/aromatic N) is 12. The van der Waals surface area contributed by atoms with Crippen LogP contribution in [0.4, 0.5) is 26.3 Å². The normalized spacial score (nSPS) is 11.2. The molecule has 34 heteroatoms. The van der Waals surface area contributed by atoms with Gasteiger partial charge in [-0.05, 0) is 427 Å². The number of benzene rings is 10. The van der Waals surface area contributed by atoms with Crippen LogP contribution in [0.5, 0.6) is 11.5 Å². The van der Waals surface area contributed by atoms with Crippen LogP contribution >= 0.6 is 181 Å². The lowest BCUT2D eigenvalue weighted by Gasteiger charge is -2.14. The molecule has 0 spiro atoms. The van der Waals surface area contributed by atoms with E-state index in [0.717, 1.165) is 148 Å². The van der Waals surface area contributed by atoms with E-state index in [0.29, 0.717) is 28.1 Å². The van der Waals surface area contributed by atoms with Gasteiger partial charge < -0.3 is 8.37 Å². The molecular weight excluding hydrogens is 2780 g/mol. The zero-order valence-electron chi connectivity index (χ0n) is 74.2. The van der Waals surface area contributed by atoms with Gasteiger partial charge in [0, 0.05) is 150 Å². The highest BCUT2D eigenvalue weighted by atomic mass is 127. The Balaban J connectivity index is 0.000000131. The highest BCUT2D eigenvalue weighted by Crippen LogP contribution is 2.42. The molecule has 0 unspecified atom stereocenters. The Morgan fingerprint density at radius 1 is 0.201 bits per heavy atom. The molecule has 18 nitrogen and oxygen atoms in total. The molecule has 10 heterocycles. The molecule has 0 N–H and O–H groups in total. The van der Waals surface area contributed by atoms with Crippen molar-refractivity contribution in [1.29, 1.82) is 0 Å². The molecule has 20 rings (SSSR count). The van der Waals surface area contributed by atoms with Crippen LogP contribution in [0.1, 0.15) is 0 Å². The van der Waals surface area contributed by atoms with E-state index in [4.69, 9.17) is 19.9 Å². The van der Waals surface area contributed by atoms with Crippen molar-refractivity contribution in [3.63, 3.8) is 0 Å². The monoisotopic (exact) mass is 2850 g/mol. The molecular formula is C110H68F6I8N12O6S2. The van der Waals surface area contributed by atoms with E-state index in [1.165, 1.54) is 76.5 Å². The van der Waals surface area contributed by atoms with Gasteiger partial charge in [0.15, 0.2) is 0 Å². The number of pyridine rings is 8. The van der Waals surface area contributed by atoms with Crippen LogP contribution in [-0.2, 0) is 20.2 Å². The number of hydrogen-bond donors (Lipinski definition) is 0. The fourth-order valence-electron chi connectivity index (χ4n) is 14.4. The number of rotatable bonds is 19. The number of aromatic nitrogens is 12. The number of alkyl halides is 6. The fourth-order valence-corrected chi connectivity index (χ4v) is 18.2. The lowest BCUT2D eigenvalue weighted by molar-refractivity contribution is -0.0504. The third-order valence-corrected chi connectivity index (χ3v) is 29.1. The van der Waals surface area contributed by atoms with Crippen molar-refractivity contribution in [2.75, 3.05) is 0 Å². The third-order valence-electron chi connectivity index (χ3n) is 21.4. The van der Waals surface area contributed by atoms with Crippen LogP contribution in [0.2, 0.25) is 0 Å². The molecule has 0 aliphatic rings. The maximum absolute atomic E-state index is 12.7. The summed E-state index contributed by atoms with van der Waals surface area (Å²) in [5.41, 5.74) is 15.7. The second-order valence-corrected chi connectivity index (χ2v) is 44.0. The van der Waals surface area contributed by atoms with Crippen LogP contribution in [0.15, 0.2) is 414 Å². The maximum atomic E-state index is 12.7. The Bertz CT molecular complexity index is 7380. The van der Waals surface area contributed by atoms with Gasteiger partial charge in [-0.3, -0.25) is 15.0 Å². The molecule has 0 saturated heterocycles. The van der Waals surface area contributed by atoms with Gasteiger partial charge in [-0.15, -0.1) is 0 Å². The van der Waals surface area contributed by atoms with Crippen molar-refractivity contribution in [1.82, 2.24) is 59.8 Å². The first-order valence-corrected chi connectivity index (χ1v) is 54.4. The van der Waals surface area contributed by atoms with Crippen molar-refractivity contribution >= 4 is 201 Å². The standard InChI is InChI=1S/C24H14F6N2O6S2.2C22H14I2N2.2C21H13I2N3/c25-23(26,27)39(33,34)37-17-8-4-15(5-9-17)19-12-13-21(20-3-1-2-14-31-20)32-22(19)16-6-10-18(11-7-16)38-40(35,36)24(28,29)30;23-18-5-1-15(2-6-18)20-9-10-21(16-11-13-25-14-12-16)26-22(20)17-3-7-19(24)8-4-17;23-18-7-3-15(4-8-18)20-11-12-21(17-2-1-13-25-14-17)26-22(20)16-5-9-19(24)10-6-16;22-17-5-1-14(2-6-17)19-9-10-20(16-11-24-13-25-12-16)26-21(19)15-3-7-18(23)8-4-15;22-16-5-1-14(2-6-16)18-9-10-20(19-11-12-24-13-25-19)26-21(18)15-3-7-17(23)8-4-15/h1-14H;2*1-14H;2*1-13H. The molecule has 10 aromatic carbocycles. The molecule has 0 aliphatic carbocycles. The van der Waals surface area contributed by atoms with E-state index in [9.17, 15) is 43.2 Å². The van der Waals surface area contributed by atoms with Gasteiger partial charge in [0.2, 0.25) is 0 Å². The predicted molar refractivity (Wildman–Crippen MR) is 620 cm³/mol. The second kappa shape index (κ2) is 48.7. The molecule has 0 saturated carbocycles. The zero-order chi connectivity index (χ0) is 101. The Hall–Kier alpha value is -11.5. The van der Waals surface area contributed by atoms with Crippen molar-refractivity contribution < 1.29 is 51.5 Å². The molecule has 10 aromatic heterocycles. The Morgan fingerprint density at radius 2 is 0.479 bits per heavy atom. The predicted octanol–water partition coefficient (Wildman–Crippen LogP) is 31.5. The Morgan fingerprint density at radius 3 is 0.778 bits per heavy atom. The highest BCUT2D eigenvalue weighted by Gasteiger charge is 2.49. The number of hydrogen-bond acceptors (Lipinski definition) is 18. The van der Waals surface area contributed by atoms with Crippen LogP contribution in [0, 0.1) is 28.6 Å². The van der Waals surface area contributed by atoms with Gasteiger partial charge in [-0.1, -0.05) is 133 Å². The van der Waals surface area contributed by atoms with E-state index in [1.807, 2.05) is 48.7 Å². The fraction of sp³-hybridized carbons (Fsp3) is 0.0182. The van der Waals surface area contributed by atoms with Crippen LogP contribution in [-0.4, -0.2) is 87.7 Å². The molecule has 0 radical (unpaired) electrons. The second-order valence-electron chi connectivity index (χ2n) is 30.9. The first kappa shape index (κ1) is 105. The lowest BCUT2D eigenvalue weighted by atomic mass is 9.98. The minimum absolute atomic E-state index is 0.227. The minimum Gasteiger partial charge on any atom is -0.376 e. The van der Waals surface area contributed by atoms with Gasteiger partial charge in [-0.25, -0.2) is 44.9 Å². The summed E-state index contributed by atoms with van der Waals surface area (Å²) in [6.45, 7) is 0. The maximum Gasteiger partial charge on any atom is 0.534 e. The summed E-state index contributed by atoms with van der Waals surface area (Å²) < 4.78 is 139. The molecule has 0 aliphatic heterocycles. The highest BCUT2D eigenvalue weighted by molar-refractivity contribution is 14.1. The molecule has 0 bridgehead atoms. The van der Waals surface area contributed by atoms with Crippen LogP contribution in [0.3, 0.4) is 0 Å². The zero-order valence-corrected chi connectivity index (χ0v) is 93.1. The molecule has 144 heavy (non-hydrogen) atoms. The summed E-state index contributed by atoms with van der Waals surface area (Å²) in [4.78, 5) is 53.6. The van der Waals surface area contributed by atoms with Gasteiger partial charge in [0.25, 0.3) is 0 Å². The van der Waals surface area contributed by atoms with Crippen molar-refractivity contribution in [3.05, 3.63) is 443 Å². The largest absolute Gasteiger partial charge is 0.534 e. The summed E-state index contributed by atoms with van der Waals surface area (Å²) >= 11 is 18.6. The summed E-state index contributed by atoms with van der Waals surface area (Å²) in [5, 5.41) is 0. The Labute approximate surface area is 934 Å². The molecule has 0 fully saturated rings. The first-order valence-electron chi connectivity index (χ1n) is 43.0. The molecule has 0 amide bonds. The van der Waals surface area contributed by atoms with E-state index >= 15 is 0 Å². The summed E-state index contributed by atoms with van der Waals surface area (Å²) in [6, 6.07) is 112. The van der Waals surface area contributed by atoms with Gasteiger partial charge >= 0.3 is 31.3 Å². The summed E-state index contributed by atoms with van der Waals surface area (Å²) in [7, 11) is -11.8. The Kier molecular flexibility index (Phi) is 35.6. The third kappa shape index (κ3) is 27.6. The summed E-state index contributed by atoms with van der Waals surface area (Å²) in [6.07, 6.45) is 17.2.